The van der Waals surface area contributed by atoms with E-state index in [0.717, 1.165) is 6.42 Å². The number of aliphatic hydroxyl groups is 1. The normalized spacial score (nSPS) is 23.2. The van der Waals surface area contributed by atoms with Gasteiger partial charge in [-0.15, -0.1) is 0 Å². The second kappa shape index (κ2) is 3.20. The highest BCUT2D eigenvalue weighted by Crippen LogP contribution is 2.46. The van der Waals surface area contributed by atoms with Crippen LogP contribution in [0.4, 0.5) is 5.95 Å². The van der Waals surface area contributed by atoms with Gasteiger partial charge in [0.15, 0.2) is 0 Å². The van der Waals surface area contributed by atoms with Crippen LogP contribution in [0.2, 0.25) is 0 Å². The molecule has 1 aliphatic carbocycles. The van der Waals surface area contributed by atoms with Crippen molar-refractivity contribution in [3.05, 3.63) is 18.0 Å². The van der Waals surface area contributed by atoms with Gasteiger partial charge in [0.05, 0.1) is 12.3 Å². The molecule has 1 saturated carbocycles. The predicted molar refractivity (Wildman–Crippen MR) is 53.8 cm³/mol. The van der Waals surface area contributed by atoms with Crippen LogP contribution in [0, 0.1) is 5.41 Å². The summed E-state index contributed by atoms with van der Waals surface area (Å²) < 4.78 is 0. The van der Waals surface area contributed by atoms with Gasteiger partial charge in [-0.05, 0) is 17.9 Å². The second-order valence-electron chi connectivity index (χ2n) is 4.42. The van der Waals surface area contributed by atoms with E-state index in [1.165, 1.54) is 0 Å². The van der Waals surface area contributed by atoms with Crippen LogP contribution in [0.5, 0.6) is 0 Å². The van der Waals surface area contributed by atoms with E-state index in [9.17, 15) is 0 Å². The summed E-state index contributed by atoms with van der Waals surface area (Å²) >= 11 is 0. The number of rotatable bonds is 3. The summed E-state index contributed by atoms with van der Waals surface area (Å²) in [5, 5.41) is 12.1. The van der Waals surface area contributed by atoms with E-state index in [1.807, 2.05) is 0 Å². The first-order chi connectivity index (χ1) is 6.62. The summed E-state index contributed by atoms with van der Waals surface area (Å²) in [6, 6.07) is 2.18. The predicted octanol–water partition coefficient (Wildman–Crippen LogP) is 1.18. The highest BCUT2D eigenvalue weighted by atomic mass is 16.3. The van der Waals surface area contributed by atoms with Crippen LogP contribution in [0.25, 0.3) is 0 Å². The Morgan fingerprint density at radius 3 is 2.93 bits per heavy atom. The van der Waals surface area contributed by atoms with Crippen LogP contribution in [0.15, 0.2) is 12.3 Å². The first-order valence-electron chi connectivity index (χ1n) is 4.81. The third-order valence-corrected chi connectivity index (χ3v) is 2.69. The Kier molecular flexibility index (Phi) is 2.15. The Morgan fingerprint density at radius 2 is 2.36 bits per heavy atom. The van der Waals surface area contributed by atoms with Crippen LogP contribution in [-0.4, -0.2) is 21.1 Å². The zero-order valence-corrected chi connectivity index (χ0v) is 8.49. The molecule has 1 aromatic rings. The summed E-state index contributed by atoms with van der Waals surface area (Å²) in [6.07, 6.45) is 2.82. The largest absolute Gasteiger partial charge is 0.390 e. The number of nitrogens with zero attached hydrogens (tertiary/aromatic N) is 2. The SMILES string of the molecule is CC1(C)CC1Nc1nccc(CO)n1. The van der Waals surface area contributed by atoms with E-state index in [1.54, 1.807) is 12.3 Å². The molecule has 1 aliphatic rings. The number of nitrogens with one attached hydrogen (secondary N) is 1. The van der Waals surface area contributed by atoms with E-state index in [0.29, 0.717) is 23.1 Å². The molecule has 4 heteroatoms. The van der Waals surface area contributed by atoms with Gasteiger partial charge in [-0.3, -0.25) is 0 Å². The smallest absolute Gasteiger partial charge is 0.223 e. The summed E-state index contributed by atoms with van der Waals surface area (Å²) in [5.74, 6) is 0.618. The Morgan fingerprint density at radius 1 is 1.64 bits per heavy atom. The fourth-order valence-corrected chi connectivity index (χ4v) is 1.42. The molecule has 1 atom stereocenters. The maximum absolute atomic E-state index is 8.90. The highest BCUT2D eigenvalue weighted by Gasteiger charge is 2.46. The number of hydrogen-bond acceptors (Lipinski definition) is 4. The Hall–Kier alpha value is -1.16. The maximum atomic E-state index is 8.90. The molecule has 0 saturated heterocycles. The van der Waals surface area contributed by atoms with Gasteiger partial charge in [-0.1, -0.05) is 13.8 Å². The molecule has 0 spiro atoms. The van der Waals surface area contributed by atoms with Crippen LogP contribution in [-0.2, 0) is 6.61 Å². The summed E-state index contributed by atoms with van der Waals surface area (Å²) in [6.45, 7) is 4.38. The topological polar surface area (TPSA) is 58.0 Å². The molecule has 1 heterocycles. The molecular formula is C10H15N3O. The summed E-state index contributed by atoms with van der Waals surface area (Å²) in [4.78, 5) is 8.26. The first-order valence-corrected chi connectivity index (χ1v) is 4.81. The number of hydrogen-bond donors (Lipinski definition) is 2. The van der Waals surface area contributed by atoms with Crippen molar-refractivity contribution >= 4 is 5.95 Å². The standard InChI is InChI=1S/C10H15N3O/c1-10(2)5-8(10)13-9-11-4-3-7(6-14)12-9/h3-4,8,14H,5-6H2,1-2H3,(H,11,12,13). The highest BCUT2D eigenvalue weighted by molar-refractivity contribution is 5.31. The van der Waals surface area contributed by atoms with Gasteiger partial charge < -0.3 is 10.4 Å². The minimum absolute atomic E-state index is 0.0364. The van der Waals surface area contributed by atoms with Crippen molar-refractivity contribution in [1.82, 2.24) is 9.97 Å². The molecule has 0 aromatic carbocycles. The Balaban J connectivity index is 2.03. The molecule has 0 radical (unpaired) electrons. The fourth-order valence-electron chi connectivity index (χ4n) is 1.42. The van der Waals surface area contributed by atoms with Gasteiger partial charge >= 0.3 is 0 Å². The van der Waals surface area contributed by atoms with E-state index >= 15 is 0 Å². The fraction of sp³-hybridized carbons (Fsp3) is 0.600. The van der Waals surface area contributed by atoms with Crippen LogP contribution in [0.1, 0.15) is 26.0 Å². The zero-order chi connectivity index (χ0) is 10.2. The molecule has 1 unspecified atom stereocenters. The summed E-state index contributed by atoms with van der Waals surface area (Å²) in [7, 11) is 0. The lowest BCUT2D eigenvalue weighted by Crippen LogP contribution is -2.11. The Labute approximate surface area is 83.4 Å². The first kappa shape index (κ1) is 9.40. The number of anilines is 1. The van der Waals surface area contributed by atoms with Crippen molar-refractivity contribution in [2.45, 2.75) is 32.9 Å². The van der Waals surface area contributed by atoms with Crippen molar-refractivity contribution in [2.24, 2.45) is 5.41 Å². The molecule has 1 aromatic heterocycles. The monoisotopic (exact) mass is 193 g/mol. The molecule has 1 fully saturated rings. The lowest BCUT2D eigenvalue weighted by atomic mass is 10.2. The number of aromatic nitrogens is 2. The average molecular weight is 193 g/mol. The van der Waals surface area contributed by atoms with E-state index in [-0.39, 0.29) is 6.61 Å². The van der Waals surface area contributed by atoms with Crippen molar-refractivity contribution in [3.8, 4) is 0 Å². The number of aliphatic hydroxyl groups excluding tert-OH is 1. The van der Waals surface area contributed by atoms with Gasteiger partial charge in [-0.25, -0.2) is 9.97 Å². The minimum atomic E-state index is -0.0364. The quantitative estimate of drug-likeness (QED) is 0.756. The van der Waals surface area contributed by atoms with E-state index in [4.69, 9.17) is 5.11 Å². The van der Waals surface area contributed by atoms with Crippen molar-refractivity contribution < 1.29 is 5.11 Å². The molecule has 0 amide bonds. The molecule has 76 valence electrons. The van der Waals surface area contributed by atoms with Crippen LogP contribution < -0.4 is 5.32 Å². The van der Waals surface area contributed by atoms with Crippen LogP contribution in [0.3, 0.4) is 0 Å². The maximum Gasteiger partial charge on any atom is 0.223 e. The molecule has 2 N–H and O–H groups in total. The molecular weight excluding hydrogens is 178 g/mol. The average Bonchev–Trinajstić information content (AvgIpc) is 2.74. The van der Waals surface area contributed by atoms with E-state index in [2.05, 4.69) is 29.1 Å². The molecule has 0 bridgehead atoms. The lowest BCUT2D eigenvalue weighted by Gasteiger charge is -2.06. The van der Waals surface area contributed by atoms with Gasteiger partial charge in [0.1, 0.15) is 0 Å². The zero-order valence-electron chi connectivity index (χ0n) is 8.49. The van der Waals surface area contributed by atoms with Gasteiger partial charge in [0.2, 0.25) is 5.95 Å². The third kappa shape index (κ3) is 1.85. The molecule has 0 aliphatic heterocycles. The minimum Gasteiger partial charge on any atom is -0.390 e. The Bertz CT molecular complexity index is 338. The van der Waals surface area contributed by atoms with Crippen molar-refractivity contribution in [3.63, 3.8) is 0 Å². The van der Waals surface area contributed by atoms with Crippen molar-refractivity contribution in [1.29, 1.82) is 0 Å². The lowest BCUT2D eigenvalue weighted by molar-refractivity contribution is 0.277. The molecule has 14 heavy (non-hydrogen) atoms. The van der Waals surface area contributed by atoms with E-state index < -0.39 is 0 Å². The van der Waals surface area contributed by atoms with Gasteiger partial charge in [0, 0.05) is 12.2 Å². The molecule has 2 rings (SSSR count). The second-order valence-corrected chi connectivity index (χ2v) is 4.42. The van der Waals surface area contributed by atoms with Crippen LogP contribution >= 0.6 is 0 Å². The van der Waals surface area contributed by atoms with Crippen molar-refractivity contribution in [2.75, 3.05) is 5.32 Å². The molecule has 4 nitrogen and oxygen atoms in total. The third-order valence-electron chi connectivity index (χ3n) is 2.69. The summed E-state index contributed by atoms with van der Waals surface area (Å²) in [5.41, 5.74) is 1.01. The van der Waals surface area contributed by atoms with Gasteiger partial charge in [0.25, 0.3) is 0 Å². The van der Waals surface area contributed by atoms with Gasteiger partial charge in [-0.2, -0.15) is 0 Å².